The Labute approximate surface area is 93.6 Å². The Morgan fingerprint density at radius 1 is 1.31 bits per heavy atom. The number of nitrogens with zero attached hydrogens (tertiary/aromatic N) is 4. The quantitative estimate of drug-likeness (QED) is 0.754. The number of rotatable bonds is 3. The second kappa shape index (κ2) is 4.48. The fraction of sp³-hybridized carbons (Fsp3) is 0.667. The van der Waals surface area contributed by atoms with Gasteiger partial charge in [0.1, 0.15) is 0 Å². The average molecular weight is 225 g/mol. The van der Waals surface area contributed by atoms with Crippen LogP contribution in [0.15, 0.2) is 0 Å². The molecule has 88 valence electrons. The largest absolute Gasteiger partial charge is 0.467 e. The maximum absolute atomic E-state index is 5.57. The molecule has 0 aliphatic carbocycles. The summed E-state index contributed by atoms with van der Waals surface area (Å²) in [5.74, 6) is 0.714. The molecule has 2 N–H and O–H groups in total. The first kappa shape index (κ1) is 10.9. The lowest BCUT2D eigenvalue weighted by Gasteiger charge is -2.16. The minimum atomic E-state index is 0.169. The number of hydrogen-bond acceptors (Lipinski definition) is 7. The molecule has 1 aliphatic heterocycles. The zero-order valence-electron chi connectivity index (χ0n) is 9.38. The molecule has 2 rings (SSSR count). The molecule has 7 heteroatoms. The Balaban J connectivity index is 2.17. The normalized spacial score (nSPS) is 20.1. The van der Waals surface area contributed by atoms with Crippen molar-refractivity contribution in [2.75, 3.05) is 37.9 Å². The summed E-state index contributed by atoms with van der Waals surface area (Å²) in [7, 11) is 3.21. The van der Waals surface area contributed by atoms with Crippen molar-refractivity contribution in [2.24, 2.45) is 0 Å². The molecule has 7 nitrogen and oxygen atoms in total. The van der Waals surface area contributed by atoms with Gasteiger partial charge in [-0.1, -0.05) is 0 Å². The van der Waals surface area contributed by atoms with E-state index in [1.54, 1.807) is 7.11 Å². The third-order valence-electron chi connectivity index (χ3n) is 2.56. The predicted octanol–water partition coefficient (Wildman–Crippen LogP) is -0.312. The predicted molar refractivity (Wildman–Crippen MR) is 58.4 cm³/mol. The Kier molecular flexibility index (Phi) is 3.04. The summed E-state index contributed by atoms with van der Waals surface area (Å²) in [5.41, 5.74) is 5.57. The number of hydrogen-bond donors (Lipinski definition) is 1. The number of nitrogens with two attached hydrogens (primary N) is 1. The van der Waals surface area contributed by atoms with E-state index in [0.717, 1.165) is 19.5 Å². The molecule has 0 aromatic carbocycles. The van der Waals surface area contributed by atoms with E-state index in [1.807, 2.05) is 4.90 Å². The van der Waals surface area contributed by atoms with Crippen LogP contribution < -0.4 is 15.4 Å². The smallest absolute Gasteiger partial charge is 0.322 e. The van der Waals surface area contributed by atoms with Crippen LogP contribution in [0, 0.1) is 0 Å². The molecule has 1 atom stereocenters. The summed E-state index contributed by atoms with van der Waals surface area (Å²) < 4.78 is 10.2. The zero-order valence-corrected chi connectivity index (χ0v) is 9.38. The molecule has 0 spiro atoms. The third-order valence-corrected chi connectivity index (χ3v) is 2.56. The fourth-order valence-electron chi connectivity index (χ4n) is 1.70. The zero-order chi connectivity index (χ0) is 11.5. The summed E-state index contributed by atoms with van der Waals surface area (Å²) in [4.78, 5) is 14.1. The molecule has 2 heterocycles. The highest BCUT2D eigenvalue weighted by atomic mass is 16.5. The first-order valence-electron chi connectivity index (χ1n) is 5.06. The van der Waals surface area contributed by atoms with Crippen LogP contribution >= 0.6 is 0 Å². The van der Waals surface area contributed by atoms with Crippen LogP contribution in [0.3, 0.4) is 0 Å². The van der Waals surface area contributed by atoms with E-state index in [2.05, 4.69) is 15.0 Å². The molecule has 0 bridgehead atoms. The van der Waals surface area contributed by atoms with Gasteiger partial charge in [-0.05, 0) is 6.42 Å². The molecule has 1 saturated heterocycles. The first-order chi connectivity index (χ1) is 7.72. The molecular weight excluding hydrogens is 210 g/mol. The third kappa shape index (κ3) is 2.13. The summed E-state index contributed by atoms with van der Waals surface area (Å²) in [6.45, 7) is 1.62. The number of nitrogen functional groups attached to an aromatic ring is 1. The number of aromatic nitrogens is 3. The lowest BCUT2D eigenvalue weighted by atomic mass is 10.3. The monoisotopic (exact) mass is 225 g/mol. The van der Waals surface area contributed by atoms with Gasteiger partial charge < -0.3 is 20.1 Å². The molecule has 0 saturated carbocycles. The van der Waals surface area contributed by atoms with Crippen molar-refractivity contribution in [3.8, 4) is 6.01 Å². The standard InChI is InChI=1S/C9H15N5O2/c1-15-6-3-4-14(5-6)8-11-7(10)12-9(13-8)16-2/h6H,3-5H2,1-2H3,(H2,10,11,12,13). The molecular formula is C9H15N5O2. The maximum atomic E-state index is 5.57. The number of methoxy groups -OCH3 is 2. The molecule has 1 aromatic heterocycles. The van der Waals surface area contributed by atoms with Gasteiger partial charge in [-0.2, -0.15) is 15.0 Å². The molecule has 1 aliphatic rings. The molecule has 16 heavy (non-hydrogen) atoms. The molecule has 0 radical (unpaired) electrons. The van der Waals surface area contributed by atoms with E-state index < -0.39 is 0 Å². The van der Waals surface area contributed by atoms with E-state index in [9.17, 15) is 0 Å². The number of ether oxygens (including phenoxy) is 2. The molecule has 1 unspecified atom stereocenters. The molecule has 1 fully saturated rings. The van der Waals surface area contributed by atoms with Crippen molar-refractivity contribution in [3.05, 3.63) is 0 Å². The average Bonchev–Trinajstić information content (AvgIpc) is 2.76. The van der Waals surface area contributed by atoms with Crippen LogP contribution in [0.1, 0.15) is 6.42 Å². The van der Waals surface area contributed by atoms with Gasteiger partial charge in [0.2, 0.25) is 11.9 Å². The highest BCUT2D eigenvalue weighted by Gasteiger charge is 2.24. The first-order valence-corrected chi connectivity index (χ1v) is 5.06. The van der Waals surface area contributed by atoms with Crippen molar-refractivity contribution in [3.63, 3.8) is 0 Å². The lowest BCUT2D eigenvalue weighted by molar-refractivity contribution is 0.121. The van der Waals surface area contributed by atoms with Gasteiger partial charge in [0.05, 0.1) is 13.2 Å². The van der Waals surface area contributed by atoms with E-state index >= 15 is 0 Å². The SMILES string of the molecule is COc1nc(N)nc(N2CCC(OC)C2)n1. The Morgan fingerprint density at radius 3 is 2.75 bits per heavy atom. The topological polar surface area (TPSA) is 86.4 Å². The van der Waals surface area contributed by atoms with Crippen LogP contribution in [0.25, 0.3) is 0 Å². The summed E-state index contributed by atoms with van der Waals surface area (Å²) in [6, 6.07) is 0.239. The number of anilines is 2. The summed E-state index contributed by atoms with van der Waals surface area (Å²) in [5, 5.41) is 0. The highest BCUT2D eigenvalue weighted by molar-refractivity contribution is 5.37. The van der Waals surface area contributed by atoms with Crippen molar-refractivity contribution >= 4 is 11.9 Å². The van der Waals surface area contributed by atoms with Crippen LogP contribution in [0.5, 0.6) is 6.01 Å². The van der Waals surface area contributed by atoms with Crippen molar-refractivity contribution < 1.29 is 9.47 Å². The van der Waals surface area contributed by atoms with Gasteiger partial charge in [0.25, 0.3) is 0 Å². The van der Waals surface area contributed by atoms with Crippen LogP contribution in [-0.2, 0) is 4.74 Å². The second-order valence-electron chi connectivity index (χ2n) is 3.57. The van der Waals surface area contributed by atoms with Crippen LogP contribution in [0.4, 0.5) is 11.9 Å². The van der Waals surface area contributed by atoms with Crippen molar-refractivity contribution in [1.29, 1.82) is 0 Å². The van der Waals surface area contributed by atoms with Gasteiger partial charge in [-0.3, -0.25) is 0 Å². The van der Waals surface area contributed by atoms with Gasteiger partial charge in [0.15, 0.2) is 0 Å². The van der Waals surface area contributed by atoms with Crippen molar-refractivity contribution in [1.82, 2.24) is 15.0 Å². The Hall–Kier alpha value is -1.63. The van der Waals surface area contributed by atoms with E-state index in [4.69, 9.17) is 15.2 Å². The summed E-state index contributed by atoms with van der Waals surface area (Å²) in [6.07, 6.45) is 1.19. The lowest BCUT2D eigenvalue weighted by Crippen LogP contribution is -2.24. The maximum Gasteiger partial charge on any atom is 0.322 e. The minimum Gasteiger partial charge on any atom is -0.467 e. The van der Waals surface area contributed by atoms with Gasteiger partial charge >= 0.3 is 6.01 Å². The van der Waals surface area contributed by atoms with E-state index in [0.29, 0.717) is 5.95 Å². The second-order valence-corrected chi connectivity index (χ2v) is 3.57. The van der Waals surface area contributed by atoms with E-state index in [-0.39, 0.29) is 18.1 Å². The van der Waals surface area contributed by atoms with Crippen LogP contribution in [-0.4, -0.2) is 48.4 Å². The van der Waals surface area contributed by atoms with Gasteiger partial charge in [-0.15, -0.1) is 0 Å². The highest BCUT2D eigenvalue weighted by Crippen LogP contribution is 2.19. The summed E-state index contributed by atoms with van der Waals surface area (Å²) >= 11 is 0. The fourth-order valence-corrected chi connectivity index (χ4v) is 1.70. The van der Waals surface area contributed by atoms with Crippen molar-refractivity contribution in [2.45, 2.75) is 12.5 Å². The Bertz CT molecular complexity index is 373. The molecule has 0 amide bonds. The minimum absolute atomic E-state index is 0.169. The molecule has 1 aromatic rings. The van der Waals surface area contributed by atoms with Gasteiger partial charge in [0, 0.05) is 20.2 Å². The van der Waals surface area contributed by atoms with Crippen LogP contribution in [0.2, 0.25) is 0 Å². The Morgan fingerprint density at radius 2 is 2.12 bits per heavy atom. The van der Waals surface area contributed by atoms with Gasteiger partial charge in [-0.25, -0.2) is 0 Å². The van der Waals surface area contributed by atoms with E-state index in [1.165, 1.54) is 7.11 Å².